The number of piperidine rings is 1. The van der Waals surface area contributed by atoms with Crippen molar-refractivity contribution in [2.45, 2.75) is 44.6 Å². The number of aryl methyl sites for hydroxylation is 1. The van der Waals surface area contributed by atoms with Crippen LogP contribution in [0.25, 0.3) is 0 Å². The summed E-state index contributed by atoms with van der Waals surface area (Å²) < 4.78 is 5.28. The van der Waals surface area contributed by atoms with Gasteiger partial charge in [-0.1, -0.05) is 11.6 Å². The molecule has 1 aromatic rings. The van der Waals surface area contributed by atoms with E-state index in [1.807, 2.05) is 0 Å². The van der Waals surface area contributed by atoms with Gasteiger partial charge in [-0.3, -0.25) is 0 Å². The molecule has 1 aromatic heterocycles. The van der Waals surface area contributed by atoms with Gasteiger partial charge in [0, 0.05) is 25.4 Å². The highest BCUT2D eigenvalue weighted by Gasteiger charge is 2.14. The van der Waals surface area contributed by atoms with Gasteiger partial charge in [-0.05, 0) is 39.9 Å². The van der Waals surface area contributed by atoms with Gasteiger partial charge in [0.05, 0.1) is 0 Å². The zero-order valence-electron chi connectivity index (χ0n) is 11.5. The van der Waals surface area contributed by atoms with E-state index in [4.69, 9.17) is 4.52 Å². The van der Waals surface area contributed by atoms with Crippen LogP contribution in [0.2, 0.25) is 0 Å². The van der Waals surface area contributed by atoms with Crippen LogP contribution in [0.4, 0.5) is 0 Å². The summed E-state index contributed by atoms with van der Waals surface area (Å²) in [5, 5.41) is 7.56. The summed E-state index contributed by atoms with van der Waals surface area (Å²) >= 11 is 0. The van der Waals surface area contributed by atoms with Crippen LogP contribution < -0.4 is 5.32 Å². The third kappa shape index (κ3) is 4.38. The summed E-state index contributed by atoms with van der Waals surface area (Å²) in [5.41, 5.74) is 0. The predicted molar refractivity (Wildman–Crippen MR) is 70.5 cm³/mol. The van der Waals surface area contributed by atoms with Crippen LogP contribution in [-0.2, 0) is 12.8 Å². The first kappa shape index (κ1) is 13.5. The Morgan fingerprint density at radius 2 is 2.22 bits per heavy atom. The van der Waals surface area contributed by atoms with Gasteiger partial charge in [0.25, 0.3) is 0 Å². The molecule has 0 radical (unpaired) electrons. The third-order valence-electron chi connectivity index (χ3n) is 3.41. The molecule has 0 spiro atoms. The summed E-state index contributed by atoms with van der Waals surface area (Å²) in [5.74, 6) is 1.62. The average Bonchev–Trinajstić information content (AvgIpc) is 2.83. The van der Waals surface area contributed by atoms with E-state index in [1.54, 1.807) is 0 Å². The lowest BCUT2D eigenvalue weighted by atomic mass is 10.0. The minimum absolute atomic E-state index is 0.635. The van der Waals surface area contributed by atoms with Crippen molar-refractivity contribution in [1.29, 1.82) is 0 Å². The summed E-state index contributed by atoms with van der Waals surface area (Å²) in [6.07, 6.45) is 6.79. The highest BCUT2D eigenvalue weighted by atomic mass is 16.5. The Morgan fingerprint density at radius 1 is 1.33 bits per heavy atom. The smallest absolute Gasteiger partial charge is 0.226 e. The Labute approximate surface area is 109 Å². The maximum absolute atomic E-state index is 5.28. The molecule has 0 bridgehead atoms. The van der Waals surface area contributed by atoms with E-state index in [1.165, 1.54) is 19.3 Å². The number of likely N-dealkylation sites (N-methyl/N-ethyl adjacent to an activating group) is 1. The molecule has 18 heavy (non-hydrogen) atoms. The normalized spacial score (nSPS) is 20.5. The lowest BCUT2D eigenvalue weighted by Crippen LogP contribution is -2.34. The van der Waals surface area contributed by atoms with Crippen molar-refractivity contribution < 1.29 is 4.52 Å². The number of aromatic nitrogens is 2. The lowest BCUT2D eigenvalue weighted by molar-refractivity contribution is 0.339. The maximum atomic E-state index is 5.28. The molecule has 1 N–H and O–H groups in total. The minimum Gasteiger partial charge on any atom is -0.339 e. The Balaban J connectivity index is 1.72. The van der Waals surface area contributed by atoms with Crippen LogP contribution in [0.3, 0.4) is 0 Å². The average molecular weight is 252 g/mol. The van der Waals surface area contributed by atoms with Crippen molar-refractivity contribution in [3.63, 3.8) is 0 Å². The van der Waals surface area contributed by atoms with Gasteiger partial charge in [-0.2, -0.15) is 4.98 Å². The fraction of sp³-hybridized carbons (Fsp3) is 0.846. The molecule has 0 aromatic carbocycles. The predicted octanol–water partition coefficient (Wildman–Crippen LogP) is 1.25. The Bertz CT molecular complexity index is 345. The quantitative estimate of drug-likeness (QED) is 0.825. The molecular weight excluding hydrogens is 228 g/mol. The minimum atomic E-state index is 0.635. The number of rotatable bonds is 6. The van der Waals surface area contributed by atoms with Crippen molar-refractivity contribution in [1.82, 2.24) is 20.4 Å². The van der Waals surface area contributed by atoms with Gasteiger partial charge in [0.15, 0.2) is 5.82 Å². The molecule has 1 saturated heterocycles. The zero-order chi connectivity index (χ0) is 12.8. The highest BCUT2D eigenvalue weighted by molar-refractivity contribution is 4.88. The van der Waals surface area contributed by atoms with E-state index >= 15 is 0 Å². The van der Waals surface area contributed by atoms with Crippen LogP contribution in [0.5, 0.6) is 0 Å². The molecule has 1 fully saturated rings. The molecule has 1 aliphatic rings. The summed E-state index contributed by atoms with van der Waals surface area (Å²) in [7, 11) is 4.10. The van der Waals surface area contributed by atoms with Crippen molar-refractivity contribution in [3.8, 4) is 0 Å². The number of nitrogens with one attached hydrogen (secondary N) is 1. The van der Waals surface area contributed by atoms with Crippen molar-refractivity contribution in [2.24, 2.45) is 0 Å². The van der Waals surface area contributed by atoms with E-state index in [0.717, 1.165) is 44.1 Å². The van der Waals surface area contributed by atoms with E-state index in [0.29, 0.717) is 6.04 Å². The fourth-order valence-electron chi connectivity index (χ4n) is 2.28. The summed E-state index contributed by atoms with van der Waals surface area (Å²) in [6.45, 7) is 2.12. The SMILES string of the molecule is CN(C)CCc1noc(CCC2CCCCN2)n1. The first-order chi connectivity index (χ1) is 8.74. The largest absolute Gasteiger partial charge is 0.339 e. The standard InChI is InChI=1S/C13H24N4O/c1-17(2)10-8-12-15-13(18-16-12)7-6-11-5-3-4-9-14-11/h11,14H,3-10H2,1-2H3. The van der Waals surface area contributed by atoms with Crippen LogP contribution in [0, 0.1) is 0 Å². The highest BCUT2D eigenvalue weighted by Crippen LogP contribution is 2.12. The van der Waals surface area contributed by atoms with Gasteiger partial charge in [0.2, 0.25) is 5.89 Å². The van der Waals surface area contributed by atoms with E-state index in [9.17, 15) is 0 Å². The topological polar surface area (TPSA) is 54.2 Å². The van der Waals surface area contributed by atoms with E-state index in [-0.39, 0.29) is 0 Å². The molecule has 102 valence electrons. The molecule has 1 unspecified atom stereocenters. The first-order valence-corrected chi connectivity index (χ1v) is 6.93. The number of hydrogen-bond donors (Lipinski definition) is 1. The van der Waals surface area contributed by atoms with Crippen molar-refractivity contribution in [3.05, 3.63) is 11.7 Å². The Kier molecular flexibility index (Phi) is 5.13. The van der Waals surface area contributed by atoms with Crippen LogP contribution in [-0.4, -0.2) is 48.3 Å². The third-order valence-corrected chi connectivity index (χ3v) is 3.41. The van der Waals surface area contributed by atoms with E-state index in [2.05, 4.69) is 34.5 Å². The molecule has 0 amide bonds. The van der Waals surface area contributed by atoms with Gasteiger partial charge in [-0.15, -0.1) is 0 Å². The Hall–Kier alpha value is -0.940. The van der Waals surface area contributed by atoms with Gasteiger partial charge >= 0.3 is 0 Å². The van der Waals surface area contributed by atoms with E-state index < -0.39 is 0 Å². The van der Waals surface area contributed by atoms with Crippen LogP contribution >= 0.6 is 0 Å². The summed E-state index contributed by atoms with van der Waals surface area (Å²) in [4.78, 5) is 6.56. The molecule has 2 heterocycles. The van der Waals surface area contributed by atoms with Gasteiger partial charge in [-0.25, -0.2) is 0 Å². The zero-order valence-corrected chi connectivity index (χ0v) is 11.5. The van der Waals surface area contributed by atoms with Crippen LogP contribution in [0.15, 0.2) is 4.52 Å². The second kappa shape index (κ2) is 6.85. The number of nitrogens with zero attached hydrogens (tertiary/aromatic N) is 3. The fourth-order valence-corrected chi connectivity index (χ4v) is 2.28. The molecule has 0 aliphatic carbocycles. The molecule has 1 aliphatic heterocycles. The molecule has 1 atom stereocenters. The Morgan fingerprint density at radius 3 is 2.94 bits per heavy atom. The monoisotopic (exact) mass is 252 g/mol. The van der Waals surface area contributed by atoms with Gasteiger partial charge < -0.3 is 14.7 Å². The lowest BCUT2D eigenvalue weighted by Gasteiger charge is -2.22. The molecule has 5 nitrogen and oxygen atoms in total. The van der Waals surface area contributed by atoms with Gasteiger partial charge in [0.1, 0.15) is 0 Å². The second-order valence-electron chi connectivity index (χ2n) is 5.34. The molecule has 2 rings (SSSR count). The van der Waals surface area contributed by atoms with Crippen LogP contribution in [0.1, 0.15) is 37.4 Å². The second-order valence-corrected chi connectivity index (χ2v) is 5.34. The van der Waals surface area contributed by atoms with Crippen molar-refractivity contribution >= 4 is 0 Å². The molecule has 5 heteroatoms. The van der Waals surface area contributed by atoms with Crippen molar-refractivity contribution in [2.75, 3.05) is 27.2 Å². The molecular formula is C13H24N4O. The maximum Gasteiger partial charge on any atom is 0.226 e. The summed E-state index contributed by atoms with van der Waals surface area (Å²) in [6, 6.07) is 0.635. The first-order valence-electron chi connectivity index (χ1n) is 6.93. The number of hydrogen-bond acceptors (Lipinski definition) is 5. The molecule has 0 saturated carbocycles.